The van der Waals surface area contributed by atoms with Crippen molar-refractivity contribution in [3.63, 3.8) is 0 Å². The summed E-state index contributed by atoms with van der Waals surface area (Å²) in [5, 5.41) is 4.48. The Morgan fingerprint density at radius 1 is 1.03 bits per heavy atom. The van der Waals surface area contributed by atoms with Crippen LogP contribution in [0.2, 0.25) is 0 Å². The predicted octanol–water partition coefficient (Wildman–Crippen LogP) is 3.24. The topological polar surface area (TPSA) is 87.2 Å². The highest BCUT2D eigenvalue weighted by Crippen LogP contribution is 2.29. The molecule has 3 rings (SSSR count). The van der Waals surface area contributed by atoms with Gasteiger partial charge in [0.1, 0.15) is 5.82 Å². The fourth-order valence-corrected chi connectivity index (χ4v) is 5.11. The molecular formula is C21H33N5O2S. The number of rotatable bonds is 9. The first-order chi connectivity index (χ1) is 13.9. The summed E-state index contributed by atoms with van der Waals surface area (Å²) in [6.07, 6.45) is 4.97. The molecule has 7 nitrogen and oxygen atoms in total. The Morgan fingerprint density at radius 3 is 2.34 bits per heavy atom. The minimum Gasteiger partial charge on any atom is -0.362 e. The number of hydrogen-bond acceptors (Lipinski definition) is 6. The maximum absolute atomic E-state index is 11.8. The molecule has 8 heteroatoms. The molecule has 0 unspecified atom stereocenters. The number of fused-ring (bicyclic) bond motifs is 1. The number of benzene rings is 1. The van der Waals surface area contributed by atoms with E-state index in [1.807, 2.05) is 50.2 Å². The van der Waals surface area contributed by atoms with E-state index in [1.54, 1.807) is 0 Å². The molecule has 29 heavy (non-hydrogen) atoms. The number of para-hydroxylation sites is 1. The van der Waals surface area contributed by atoms with Gasteiger partial charge in [0.2, 0.25) is 16.0 Å². The van der Waals surface area contributed by atoms with Crippen molar-refractivity contribution in [3.8, 4) is 0 Å². The maximum Gasteiger partial charge on any atom is 0.225 e. The zero-order chi connectivity index (χ0) is 20.9. The molecule has 1 aliphatic carbocycles. The fraction of sp³-hybridized carbons (Fsp3) is 0.619. The van der Waals surface area contributed by atoms with Gasteiger partial charge in [0, 0.05) is 32.6 Å². The quantitative estimate of drug-likeness (QED) is 0.649. The lowest BCUT2D eigenvalue weighted by Gasteiger charge is -2.28. The lowest BCUT2D eigenvalue weighted by Crippen LogP contribution is -2.33. The summed E-state index contributed by atoms with van der Waals surface area (Å²) < 4.78 is 26.4. The minimum atomic E-state index is -3.10. The van der Waals surface area contributed by atoms with Gasteiger partial charge in [-0.1, -0.05) is 19.1 Å². The monoisotopic (exact) mass is 419 g/mol. The van der Waals surface area contributed by atoms with Gasteiger partial charge < -0.3 is 10.2 Å². The van der Waals surface area contributed by atoms with E-state index < -0.39 is 10.0 Å². The molecule has 1 fully saturated rings. The lowest BCUT2D eigenvalue weighted by atomic mass is 9.82. The van der Waals surface area contributed by atoms with Crippen molar-refractivity contribution in [3.05, 3.63) is 24.3 Å². The van der Waals surface area contributed by atoms with Crippen LogP contribution in [0, 0.1) is 11.8 Å². The third-order valence-electron chi connectivity index (χ3n) is 5.59. The number of hydrogen-bond donors (Lipinski definition) is 2. The Kier molecular flexibility index (Phi) is 7.29. The molecule has 0 saturated heterocycles. The van der Waals surface area contributed by atoms with E-state index in [0.29, 0.717) is 30.7 Å². The molecule has 0 spiro atoms. The van der Waals surface area contributed by atoms with Gasteiger partial charge in [-0.3, -0.25) is 0 Å². The Bertz CT molecular complexity index is 908. The molecule has 1 aromatic carbocycles. The smallest absolute Gasteiger partial charge is 0.225 e. The number of anilines is 2. The van der Waals surface area contributed by atoms with Crippen molar-refractivity contribution in [1.82, 2.24) is 14.7 Å². The highest BCUT2D eigenvalue weighted by atomic mass is 32.2. The van der Waals surface area contributed by atoms with Crippen LogP contribution in [0.25, 0.3) is 10.9 Å². The molecule has 1 saturated carbocycles. The van der Waals surface area contributed by atoms with Crippen molar-refractivity contribution in [1.29, 1.82) is 0 Å². The first-order valence-corrected chi connectivity index (χ1v) is 12.2. The first-order valence-electron chi connectivity index (χ1n) is 10.5. The van der Waals surface area contributed by atoms with E-state index >= 15 is 0 Å². The molecule has 160 valence electrons. The summed E-state index contributed by atoms with van der Waals surface area (Å²) in [6.45, 7) is 3.31. The molecule has 2 aromatic rings. The summed E-state index contributed by atoms with van der Waals surface area (Å²) in [7, 11) is 0.886. The fourth-order valence-electron chi connectivity index (χ4n) is 3.94. The summed E-state index contributed by atoms with van der Waals surface area (Å²) in [6, 6.07) is 8.06. The van der Waals surface area contributed by atoms with Gasteiger partial charge in [0.15, 0.2) is 0 Å². The average Bonchev–Trinajstić information content (AvgIpc) is 2.71. The van der Waals surface area contributed by atoms with Crippen molar-refractivity contribution < 1.29 is 8.42 Å². The molecular weight excluding hydrogens is 386 g/mol. The van der Waals surface area contributed by atoms with E-state index in [-0.39, 0.29) is 5.75 Å². The molecule has 2 N–H and O–H groups in total. The van der Waals surface area contributed by atoms with E-state index in [1.165, 1.54) is 0 Å². The van der Waals surface area contributed by atoms with Crippen molar-refractivity contribution in [2.24, 2.45) is 11.8 Å². The van der Waals surface area contributed by atoms with Gasteiger partial charge >= 0.3 is 0 Å². The van der Waals surface area contributed by atoms with Crippen LogP contribution >= 0.6 is 0 Å². The van der Waals surface area contributed by atoms with Gasteiger partial charge in [-0.15, -0.1) is 0 Å². The van der Waals surface area contributed by atoms with Crippen molar-refractivity contribution in [2.45, 2.75) is 39.0 Å². The minimum absolute atomic E-state index is 0.215. The third-order valence-corrected chi connectivity index (χ3v) is 7.14. The second-order valence-corrected chi connectivity index (χ2v) is 10.1. The standard InChI is InChI=1S/C21H33N5O2S/c1-4-13-29(27,28)23-15-17-11-9-16(10-12-17)14-22-21-24-19-8-6-5-7-18(19)20(25-21)26(2)3/h5-8,16-17,23H,4,9-15H2,1-3H3,(H,22,24,25). The van der Waals surface area contributed by atoms with E-state index in [0.717, 1.165) is 48.9 Å². The molecule has 1 aliphatic rings. The molecule has 1 heterocycles. The van der Waals surface area contributed by atoms with Crippen LogP contribution in [0.3, 0.4) is 0 Å². The summed E-state index contributed by atoms with van der Waals surface area (Å²) in [4.78, 5) is 11.4. The lowest BCUT2D eigenvalue weighted by molar-refractivity contribution is 0.284. The van der Waals surface area contributed by atoms with Crippen molar-refractivity contribution >= 4 is 32.7 Å². The molecule has 0 radical (unpaired) electrons. The van der Waals surface area contributed by atoms with Gasteiger partial charge in [0.05, 0.1) is 11.3 Å². The average molecular weight is 420 g/mol. The molecule has 0 atom stereocenters. The van der Waals surface area contributed by atoms with Crippen LogP contribution in [0.4, 0.5) is 11.8 Å². The largest absolute Gasteiger partial charge is 0.362 e. The van der Waals surface area contributed by atoms with Crippen LogP contribution in [0.15, 0.2) is 24.3 Å². The zero-order valence-corrected chi connectivity index (χ0v) is 18.5. The number of aromatic nitrogens is 2. The Morgan fingerprint density at radius 2 is 1.69 bits per heavy atom. The Hall–Kier alpha value is -1.93. The van der Waals surface area contributed by atoms with Crippen LogP contribution in [0.5, 0.6) is 0 Å². The van der Waals surface area contributed by atoms with E-state index in [9.17, 15) is 8.42 Å². The van der Waals surface area contributed by atoms with Gasteiger partial charge in [0.25, 0.3) is 0 Å². The maximum atomic E-state index is 11.8. The van der Waals surface area contributed by atoms with Crippen LogP contribution < -0.4 is 14.9 Å². The number of nitrogens with zero attached hydrogens (tertiary/aromatic N) is 3. The van der Waals surface area contributed by atoms with Crippen LogP contribution in [-0.2, 0) is 10.0 Å². The highest BCUT2D eigenvalue weighted by Gasteiger charge is 2.23. The number of nitrogens with one attached hydrogen (secondary N) is 2. The first kappa shape index (κ1) is 21.8. The Labute approximate surface area is 174 Å². The number of sulfonamides is 1. The van der Waals surface area contributed by atoms with Crippen LogP contribution in [-0.4, -0.2) is 51.3 Å². The predicted molar refractivity (Wildman–Crippen MR) is 120 cm³/mol. The van der Waals surface area contributed by atoms with E-state index in [2.05, 4.69) is 15.0 Å². The molecule has 1 aromatic heterocycles. The summed E-state index contributed by atoms with van der Waals surface area (Å²) >= 11 is 0. The van der Waals surface area contributed by atoms with Crippen LogP contribution in [0.1, 0.15) is 39.0 Å². The second kappa shape index (κ2) is 9.71. The normalized spacial score (nSPS) is 20.0. The third kappa shape index (κ3) is 6.02. The molecule has 0 aliphatic heterocycles. The molecule has 0 amide bonds. The second-order valence-electron chi connectivity index (χ2n) is 8.22. The van der Waals surface area contributed by atoms with Gasteiger partial charge in [-0.2, -0.15) is 4.98 Å². The van der Waals surface area contributed by atoms with Gasteiger partial charge in [-0.05, 0) is 56.1 Å². The SMILES string of the molecule is CCCS(=O)(=O)NCC1CCC(CNc2nc(N(C)C)c3ccccc3n2)CC1. The van der Waals surface area contributed by atoms with E-state index in [4.69, 9.17) is 4.98 Å². The summed E-state index contributed by atoms with van der Waals surface area (Å²) in [5.41, 5.74) is 0.941. The Balaban J connectivity index is 1.52. The van der Waals surface area contributed by atoms with Crippen molar-refractivity contribution in [2.75, 3.05) is 43.2 Å². The van der Waals surface area contributed by atoms with Gasteiger partial charge in [-0.25, -0.2) is 18.1 Å². The highest BCUT2D eigenvalue weighted by molar-refractivity contribution is 7.89. The zero-order valence-electron chi connectivity index (χ0n) is 17.7. The molecule has 0 bridgehead atoms. The summed E-state index contributed by atoms with van der Waals surface area (Å²) in [5.74, 6) is 2.81.